The van der Waals surface area contributed by atoms with Gasteiger partial charge < -0.3 is 4.90 Å². The van der Waals surface area contributed by atoms with Gasteiger partial charge in [0.25, 0.3) is 0 Å². The summed E-state index contributed by atoms with van der Waals surface area (Å²) in [5.41, 5.74) is 1.43. The number of hydrogen-bond donors (Lipinski definition) is 1. The molecule has 1 rings (SSSR count). The summed E-state index contributed by atoms with van der Waals surface area (Å²) in [6.07, 6.45) is 2.79. The zero-order chi connectivity index (χ0) is 14.1. The fourth-order valence-electron chi connectivity index (χ4n) is 2.28. The van der Waals surface area contributed by atoms with E-state index in [9.17, 15) is 0 Å². The third kappa shape index (κ3) is 4.47. The maximum Gasteiger partial charge on any atom is 0.0640 e. The lowest BCUT2D eigenvalue weighted by atomic mass is 9.83. The summed E-state index contributed by atoms with van der Waals surface area (Å²) in [5.74, 6) is 0.885. The summed E-state index contributed by atoms with van der Waals surface area (Å²) >= 11 is 4.55. The van der Waals surface area contributed by atoms with Crippen molar-refractivity contribution in [1.82, 2.24) is 0 Å². The highest BCUT2D eigenvalue weighted by molar-refractivity contribution is 7.80. The molecule has 0 radical (unpaired) electrons. The molecule has 0 aliphatic rings. The molecule has 2 nitrogen and oxygen atoms in total. The van der Waals surface area contributed by atoms with Gasteiger partial charge in [-0.2, -0.15) is 17.9 Å². The first-order valence-electron chi connectivity index (χ1n) is 6.99. The summed E-state index contributed by atoms with van der Waals surface area (Å²) in [6, 6.07) is 12.6. The van der Waals surface area contributed by atoms with Gasteiger partial charge in [0.2, 0.25) is 0 Å². The molecule has 0 N–H and O–H groups in total. The number of nitrogens with zero attached hydrogens (tertiary/aromatic N) is 2. The lowest BCUT2D eigenvalue weighted by molar-refractivity contribution is 0.310. The Morgan fingerprint density at radius 2 is 1.84 bits per heavy atom. The molecule has 0 bridgehead atoms. The summed E-state index contributed by atoms with van der Waals surface area (Å²) in [7, 11) is 0. The molecule has 104 valence electrons. The standard InChI is InChI=1S/C16H24N2S/c1-3-16(4-2,14-19)13-18(12-8-11-17)15-9-6-5-7-10-15/h5-7,9-10,19H,3-4,8,12-14H2,1-2H3. The number of benzene rings is 1. The molecule has 0 aliphatic carbocycles. The van der Waals surface area contributed by atoms with Gasteiger partial charge in [0.1, 0.15) is 0 Å². The van der Waals surface area contributed by atoms with Gasteiger partial charge >= 0.3 is 0 Å². The number of thiol groups is 1. The van der Waals surface area contributed by atoms with Gasteiger partial charge in [0, 0.05) is 18.8 Å². The molecule has 0 atom stereocenters. The van der Waals surface area contributed by atoms with Crippen molar-refractivity contribution in [3.63, 3.8) is 0 Å². The van der Waals surface area contributed by atoms with E-state index in [0.29, 0.717) is 6.42 Å². The van der Waals surface area contributed by atoms with E-state index in [1.807, 2.05) is 6.07 Å². The molecule has 0 saturated carbocycles. The molecule has 1 aromatic rings. The van der Waals surface area contributed by atoms with Crippen molar-refractivity contribution in [2.45, 2.75) is 33.1 Å². The molecule has 0 unspecified atom stereocenters. The van der Waals surface area contributed by atoms with Crippen LogP contribution in [0.4, 0.5) is 5.69 Å². The molecule has 3 heteroatoms. The van der Waals surface area contributed by atoms with Crippen LogP contribution in [-0.2, 0) is 0 Å². The minimum atomic E-state index is 0.231. The highest BCUT2D eigenvalue weighted by Crippen LogP contribution is 2.31. The molecule has 19 heavy (non-hydrogen) atoms. The number of para-hydroxylation sites is 1. The number of nitriles is 1. The predicted molar refractivity (Wildman–Crippen MR) is 85.8 cm³/mol. The lowest BCUT2D eigenvalue weighted by Gasteiger charge is -2.37. The quantitative estimate of drug-likeness (QED) is 0.722. The Labute approximate surface area is 122 Å². The average Bonchev–Trinajstić information content (AvgIpc) is 2.49. The van der Waals surface area contributed by atoms with Crippen LogP contribution in [0.25, 0.3) is 0 Å². The van der Waals surface area contributed by atoms with Crippen LogP contribution in [0.3, 0.4) is 0 Å². The van der Waals surface area contributed by atoms with Crippen LogP contribution >= 0.6 is 12.6 Å². The minimum absolute atomic E-state index is 0.231. The Balaban J connectivity index is 2.89. The Kier molecular flexibility index (Phi) is 6.80. The van der Waals surface area contributed by atoms with Crippen molar-refractivity contribution < 1.29 is 0 Å². The lowest BCUT2D eigenvalue weighted by Crippen LogP contribution is -2.39. The maximum atomic E-state index is 8.84. The second kappa shape index (κ2) is 8.12. The normalized spacial score (nSPS) is 11.1. The Hall–Kier alpha value is -1.14. The van der Waals surface area contributed by atoms with Crippen molar-refractivity contribution in [2.24, 2.45) is 5.41 Å². The van der Waals surface area contributed by atoms with Crippen LogP contribution in [0.2, 0.25) is 0 Å². The van der Waals surface area contributed by atoms with Gasteiger partial charge in [0.05, 0.1) is 12.5 Å². The van der Waals surface area contributed by atoms with Crippen molar-refractivity contribution in [3.8, 4) is 6.07 Å². The van der Waals surface area contributed by atoms with Crippen molar-refractivity contribution in [2.75, 3.05) is 23.7 Å². The van der Waals surface area contributed by atoms with Gasteiger partial charge in [-0.05, 0) is 36.1 Å². The van der Waals surface area contributed by atoms with Gasteiger partial charge in [0.15, 0.2) is 0 Å². The predicted octanol–water partition coefficient (Wildman–Crippen LogP) is 4.14. The topological polar surface area (TPSA) is 27.0 Å². The van der Waals surface area contributed by atoms with Crippen LogP contribution in [0, 0.1) is 16.7 Å². The molecule has 0 aliphatic heterocycles. The van der Waals surface area contributed by atoms with E-state index in [1.165, 1.54) is 5.69 Å². The Morgan fingerprint density at radius 3 is 2.32 bits per heavy atom. The second-order valence-electron chi connectivity index (χ2n) is 5.03. The minimum Gasteiger partial charge on any atom is -0.370 e. The maximum absolute atomic E-state index is 8.84. The van der Waals surface area contributed by atoms with Crippen molar-refractivity contribution in [1.29, 1.82) is 5.26 Å². The first-order valence-corrected chi connectivity index (χ1v) is 7.62. The van der Waals surface area contributed by atoms with E-state index in [-0.39, 0.29) is 5.41 Å². The molecule has 0 amide bonds. The molecule has 0 fully saturated rings. The third-order valence-electron chi connectivity index (χ3n) is 3.98. The molecule has 0 heterocycles. The van der Waals surface area contributed by atoms with Crippen LogP contribution in [-0.4, -0.2) is 18.8 Å². The van der Waals surface area contributed by atoms with Crippen LogP contribution in [0.1, 0.15) is 33.1 Å². The molecule has 0 saturated heterocycles. The van der Waals surface area contributed by atoms with E-state index in [1.54, 1.807) is 0 Å². The highest BCUT2D eigenvalue weighted by atomic mass is 32.1. The van der Waals surface area contributed by atoms with Crippen molar-refractivity contribution >= 4 is 18.3 Å². The molecule has 1 aromatic carbocycles. The highest BCUT2D eigenvalue weighted by Gasteiger charge is 2.27. The molecule has 0 aromatic heterocycles. The Bertz CT molecular complexity index is 385. The largest absolute Gasteiger partial charge is 0.370 e. The molecular weight excluding hydrogens is 252 g/mol. The van der Waals surface area contributed by atoms with E-state index in [0.717, 1.165) is 31.7 Å². The van der Waals surface area contributed by atoms with Crippen LogP contribution in [0.5, 0.6) is 0 Å². The van der Waals surface area contributed by atoms with E-state index < -0.39 is 0 Å². The zero-order valence-corrected chi connectivity index (χ0v) is 12.9. The average molecular weight is 276 g/mol. The zero-order valence-electron chi connectivity index (χ0n) is 12.0. The second-order valence-corrected chi connectivity index (χ2v) is 5.35. The van der Waals surface area contributed by atoms with E-state index >= 15 is 0 Å². The van der Waals surface area contributed by atoms with Gasteiger partial charge in [-0.3, -0.25) is 0 Å². The van der Waals surface area contributed by atoms with Crippen LogP contribution in [0.15, 0.2) is 30.3 Å². The first kappa shape index (κ1) is 15.9. The first-order chi connectivity index (χ1) is 9.21. The van der Waals surface area contributed by atoms with E-state index in [4.69, 9.17) is 5.26 Å². The molecular formula is C16H24N2S. The SMILES string of the molecule is CCC(CC)(CS)CN(CCC#N)c1ccccc1. The smallest absolute Gasteiger partial charge is 0.0640 e. The van der Waals surface area contributed by atoms with Crippen LogP contribution < -0.4 is 4.90 Å². The van der Waals surface area contributed by atoms with E-state index in [2.05, 4.69) is 61.7 Å². The number of anilines is 1. The van der Waals surface area contributed by atoms with Gasteiger partial charge in [-0.25, -0.2) is 0 Å². The third-order valence-corrected chi connectivity index (χ3v) is 4.65. The monoisotopic (exact) mass is 276 g/mol. The molecule has 0 spiro atoms. The number of hydrogen-bond acceptors (Lipinski definition) is 3. The number of rotatable bonds is 8. The fourth-order valence-corrected chi connectivity index (χ4v) is 2.82. The summed E-state index contributed by atoms with van der Waals surface area (Å²) in [4.78, 5) is 2.33. The van der Waals surface area contributed by atoms with Crippen molar-refractivity contribution in [3.05, 3.63) is 30.3 Å². The van der Waals surface area contributed by atoms with Gasteiger partial charge in [-0.1, -0.05) is 32.0 Å². The summed E-state index contributed by atoms with van der Waals surface area (Å²) in [5, 5.41) is 8.84. The fraction of sp³-hybridized carbons (Fsp3) is 0.562. The summed E-state index contributed by atoms with van der Waals surface area (Å²) in [6.45, 7) is 6.21. The summed E-state index contributed by atoms with van der Waals surface area (Å²) < 4.78 is 0. The van der Waals surface area contributed by atoms with Gasteiger partial charge in [-0.15, -0.1) is 0 Å². The Morgan fingerprint density at radius 1 is 1.21 bits per heavy atom.